The summed E-state index contributed by atoms with van der Waals surface area (Å²) >= 11 is 0. The van der Waals surface area contributed by atoms with Crippen LogP contribution in [-0.2, 0) is 0 Å². The minimum Gasteiger partial charge on any atom is -0.296 e. The van der Waals surface area contributed by atoms with Gasteiger partial charge in [0.25, 0.3) is 0 Å². The van der Waals surface area contributed by atoms with Crippen LogP contribution in [0.1, 0.15) is 13.8 Å². The van der Waals surface area contributed by atoms with E-state index < -0.39 is 0 Å². The van der Waals surface area contributed by atoms with Gasteiger partial charge in [-0.2, -0.15) is 0 Å². The van der Waals surface area contributed by atoms with Crippen LogP contribution in [0.4, 0.5) is 0 Å². The molecule has 0 aliphatic heterocycles. The number of hydrogen-bond acceptors (Lipinski definition) is 1. The molecular formula is C7H14N. The topological polar surface area (TPSA) is 3.24 Å². The number of nitrogens with zero attached hydrogens (tertiary/aromatic N) is 1. The van der Waals surface area contributed by atoms with Gasteiger partial charge in [0, 0.05) is 6.04 Å². The van der Waals surface area contributed by atoms with Gasteiger partial charge in [-0.15, -0.1) is 0 Å². The van der Waals surface area contributed by atoms with E-state index in [0.717, 1.165) is 19.1 Å². The molecule has 1 nitrogen and oxygen atoms in total. The lowest BCUT2D eigenvalue weighted by atomic mass is 10.3. The van der Waals surface area contributed by atoms with Gasteiger partial charge in [-0.1, -0.05) is 13.8 Å². The van der Waals surface area contributed by atoms with Crippen LogP contribution in [0, 0.1) is 19.9 Å². The van der Waals surface area contributed by atoms with Gasteiger partial charge in [0.1, 0.15) is 0 Å². The first kappa shape index (κ1) is 7.96. The number of hydrogen-bond donors (Lipinski definition) is 0. The third-order valence-corrected chi connectivity index (χ3v) is 1.21. The molecule has 0 bridgehead atoms. The fourth-order valence-corrected chi connectivity index (χ4v) is 0.671. The fraction of sp³-hybridized carbons (Fsp3) is 0.571. The summed E-state index contributed by atoms with van der Waals surface area (Å²) in [7, 11) is 0. The monoisotopic (exact) mass is 112 g/mol. The summed E-state index contributed by atoms with van der Waals surface area (Å²) in [5.74, 6) is 0. The Morgan fingerprint density at radius 1 is 1.25 bits per heavy atom. The smallest absolute Gasteiger partial charge is 0.0394 e. The zero-order valence-electron chi connectivity index (χ0n) is 5.78. The molecule has 0 heterocycles. The van der Waals surface area contributed by atoms with Gasteiger partial charge in [-0.05, 0) is 26.9 Å². The molecule has 0 N–H and O–H groups in total. The highest BCUT2D eigenvalue weighted by Gasteiger charge is 2.02. The predicted octanol–water partition coefficient (Wildman–Crippen LogP) is 1.53. The van der Waals surface area contributed by atoms with Gasteiger partial charge in [-0.3, -0.25) is 4.90 Å². The quantitative estimate of drug-likeness (QED) is 0.535. The van der Waals surface area contributed by atoms with E-state index in [4.69, 9.17) is 0 Å². The summed E-state index contributed by atoms with van der Waals surface area (Å²) in [6.45, 7) is 13.6. The molecular weight excluding hydrogens is 98.1 g/mol. The number of rotatable bonds is 3. The summed E-state index contributed by atoms with van der Waals surface area (Å²) in [5, 5.41) is 0. The maximum atomic E-state index is 3.71. The second-order valence-electron chi connectivity index (χ2n) is 1.74. The maximum absolute atomic E-state index is 3.71. The Hall–Kier alpha value is -0.0400. The molecule has 0 unspecified atom stereocenters. The summed E-state index contributed by atoms with van der Waals surface area (Å²) in [5.41, 5.74) is 0. The van der Waals surface area contributed by atoms with Crippen LogP contribution in [0.15, 0.2) is 0 Å². The first-order valence-electron chi connectivity index (χ1n) is 2.98. The lowest BCUT2D eigenvalue weighted by molar-refractivity contribution is 0.353. The minimum atomic E-state index is 0.912. The van der Waals surface area contributed by atoms with E-state index in [1.54, 1.807) is 0 Å². The molecule has 0 atom stereocenters. The molecule has 8 heavy (non-hydrogen) atoms. The minimum absolute atomic E-state index is 0.912. The van der Waals surface area contributed by atoms with Crippen molar-refractivity contribution in [3.63, 3.8) is 0 Å². The first-order chi connectivity index (χ1) is 3.72. The van der Waals surface area contributed by atoms with Gasteiger partial charge in [-0.25, -0.2) is 0 Å². The Balaban J connectivity index is 3.35. The van der Waals surface area contributed by atoms with E-state index in [1.807, 2.05) is 0 Å². The molecule has 0 saturated carbocycles. The summed E-state index contributed by atoms with van der Waals surface area (Å²) in [6, 6.07) is 0.912. The summed E-state index contributed by atoms with van der Waals surface area (Å²) in [6.07, 6.45) is 0. The molecule has 0 amide bonds. The van der Waals surface area contributed by atoms with Crippen molar-refractivity contribution in [1.29, 1.82) is 0 Å². The van der Waals surface area contributed by atoms with Crippen molar-refractivity contribution < 1.29 is 0 Å². The van der Waals surface area contributed by atoms with Crippen molar-refractivity contribution in [2.45, 2.75) is 13.8 Å². The largest absolute Gasteiger partial charge is 0.296 e. The Morgan fingerprint density at radius 3 is 1.62 bits per heavy atom. The van der Waals surface area contributed by atoms with Crippen molar-refractivity contribution in [2.75, 3.05) is 13.1 Å². The molecule has 0 spiro atoms. The van der Waals surface area contributed by atoms with Gasteiger partial charge < -0.3 is 0 Å². The van der Waals surface area contributed by atoms with Gasteiger partial charge in [0.15, 0.2) is 0 Å². The lowest BCUT2D eigenvalue weighted by Gasteiger charge is -2.20. The highest BCUT2D eigenvalue weighted by Crippen LogP contribution is 2.01. The molecule has 47 valence electrons. The second-order valence-corrected chi connectivity index (χ2v) is 1.74. The maximum Gasteiger partial charge on any atom is 0.0394 e. The molecule has 0 aliphatic rings. The van der Waals surface area contributed by atoms with Crippen LogP contribution >= 0.6 is 0 Å². The summed E-state index contributed by atoms with van der Waals surface area (Å²) < 4.78 is 0. The van der Waals surface area contributed by atoms with Crippen LogP contribution in [0.2, 0.25) is 0 Å². The Labute approximate surface area is 52.7 Å². The van der Waals surface area contributed by atoms with Crippen molar-refractivity contribution in [1.82, 2.24) is 4.90 Å². The summed E-state index contributed by atoms with van der Waals surface area (Å²) in [4.78, 5) is 2.11. The molecule has 1 heteroatoms. The predicted molar refractivity (Wildman–Crippen MR) is 36.9 cm³/mol. The van der Waals surface area contributed by atoms with E-state index in [9.17, 15) is 0 Å². The van der Waals surface area contributed by atoms with E-state index >= 15 is 0 Å². The normalized spacial score (nSPS) is 11.2. The van der Waals surface area contributed by atoms with Gasteiger partial charge >= 0.3 is 0 Å². The van der Waals surface area contributed by atoms with Gasteiger partial charge in [0.05, 0.1) is 0 Å². The molecule has 0 aliphatic carbocycles. The van der Waals surface area contributed by atoms with Crippen LogP contribution in [-0.4, -0.2) is 18.0 Å². The third kappa shape index (κ3) is 2.31. The van der Waals surface area contributed by atoms with Crippen molar-refractivity contribution in [3.8, 4) is 0 Å². The van der Waals surface area contributed by atoms with E-state index in [1.165, 1.54) is 0 Å². The van der Waals surface area contributed by atoms with E-state index in [0.29, 0.717) is 0 Å². The zero-order chi connectivity index (χ0) is 6.57. The molecule has 0 aromatic rings. The lowest BCUT2D eigenvalue weighted by Crippen LogP contribution is -2.24. The van der Waals surface area contributed by atoms with E-state index in [2.05, 4.69) is 32.6 Å². The molecule has 0 aromatic heterocycles. The average Bonchev–Trinajstić information content (AvgIpc) is 1.69. The van der Waals surface area contributed by atoms with Gasteiger partial charge in [0.2, 0.25) is 0 Å². The van der Waals surface area contributed by atoms with Crippen LogP contribution in [0.5, 0.6) is 0 Å². The first-order valence-corrected chi connectivity index (χ1v) is 2.98. The Morgan fingerprint density at radius 2 is 1.62 bits per heavy atom. The fourth-order valence-electron chi connectivity index (χ4n) is 0.671. The van der Waals surface area contributed by atoms with Crippen molar-refractivity contribution >= 4 is 0 Å². The van der Waals surface area contributed by atoms with Crippen molar-refractivity contribution in [2.24, 2.45) is 0 Å². The third-order valence-electron chi connectivity index (χ3n) is 1.21. The van der Waals surface area contributed by atoms with Crippen LogP contribution < -0.4 is 0 Å². The Kier molecular flexibility index (Phi) is 3.88. The average molecular weight is 112 g/mol. The molecule has 0 rings (SSSR count). The van der Waals surface area contributed by atoms with E-state index in [-0.39, 0.29) is 0 Å². The molecule has 3 radical (unpaired) electrons. The van der Waals surface area contributed by atoms with Crippen LogP contribution in [0.3, 0.4) is 0 Å². The SMILES string of the molecule is [CH2][C]([CH2])N(CC)CC. The van der Waals surface area contributed by atoms with Crippen LogP contribution in [0.25, 0.3) is 0 Å². The standard InChI is InChI=1S/C7H14N/c1-5-8(6-2)7(3)4/h3-6H2,1-2H3. The molecule has 0 fully saturated rings. The Bertz CT molecular complexity index is 46.3. The second kappa shape index (κ2) is 3.90. The zero-order valence-corrected chi connectivity index (χ0v) is 5.78. The molecule has 0 saturated heterocycles. The molecule has 0 aromatic carbocycles. The highest BCUT2D eigenvalue weighted by molar-refractivity contribution is 4.94. The van der Waals surface area contributed by atoms with Crippen molar-refractivity contribution in [3.05, 3.63) is 19.9 Å². The highest BCUT2D eigenvalue weighted by atomic mass is 15.1.